The summed E-state index contributed by atoms with van der Waals surface area (Å²) < 4.78 is 11.9. The molecule has 0 amide bonds. The predicted octanol–water partition coefficient (Wildman–Crippen LogP) is 5.71. The van der Waals surface area contributed by atoms with Gasteiger partial charge in [-0.25, -0.2) is 0 Å². The highest BCUT2D eigenvalue weighted by Crippen LogP contribution is 2.61. The van der Waals surface area contributed by atoms with E-state index in [0.717, 1.165) is 30.6 Å². The summed E-state index contributed by atoms with van der Waals surface area (Å²) in [7, 11) is 1.69. The van der Waals surface area contributed by atoms with Crippen LogP contribution < -0.4 is 4.74 Å². The van der Waals surface area contributed by atoms with Gasteiger partial charge >= 0.3 is 0 Å². The third kappa shape index (κ3) is 2.99. The molecule has 27 heavy (non-hydrogen) atoms. The number of ether oxygens (including phenoxy) is 2. The van der Waals surface area contributed by atoms with E-state index in [1.165, 1.54) is 17.6 Å². The average Bonchev–Trinajstić information content (AvgIpc) is 2.95. The highest BCUT2D eigenvalue weighted by atomic mass is 16.5. The number of nitrogens with zero attached hydrogens (tertiary/aromatic N) is 1. The summed E-state index contributed by atoms with van der Waals surface area (Å²) in [6.45, 7) is 8.89. The van der Waals surface area contributed by atoms with Crippen molar-refractivity contribution in [3.63, 3.8) is 0 Å². The van der Waals surface area contributed by atoms with Gasteiger partial charge in [-0.2, -0.15) is 5.26 Å². The summed E-state index contributed by atoms with van der Waals surface area (Å²) >= 11 is 0. The van der Waals surface area contributed by atoms with E-state index in [0.29, 0.717) is 17.9 Å². The Labute approximate surface area is 163 Å². The maximum atomic E-state index is 9.87. The Morgan fingerprint density at radius 1 is 1.22 bits per heavy atom. The van der Waals surface area contributed by atoms with Gasteiger partial charge in [0.25, 0.3) is 0 Å². The van der Waals surface area contributed by atoms with Crippen molar-refractivity contribution < 1.29 is 9.47 Å². The van der Waals surface area contributed by atoms with Gasteiger partial charge in [0.2, 0.25) is 0 Å². The number of methoxy groups -OCH3 is 1. The van der Waals surface area contributed by atoms with Crippen molar-refractivity contribution in [3.05, 3.63) is 35.4 Å². The average molecular weight is 366 g/mol. The highest BCUT2D eigenvalue weighted by Gasteiger charge is 2.54. The summed E-state index contributed by atoms with van der Waals surface area (Å²) in [6, 6.07) is 8.83. The molecule has 0 aliphatic heterocycles. The molecule has 5 atom stereocenters. The Bertz CT molecular complexity index is 813. The van der Waals surface area contributed by atoms with Crippen LogP contribution in [0.4, 0.5) is 0 Å². The first kappa shape index (κ1) is 18.6. The van der Waals surface area contributed by atoms with Gasteiger partial charge in [0.1, 0.15) is 5.75 Å². The largest absolute Gasteiger partial charge is 0.497 e. The molecule has 3 aliphatic rings. The Balaban J connectivity index is 1.73. The molecule has 3 heteroatoms. The SMILES string of the molecule is COc1ccc2c(c1)C(C#N)C[C@@H]1C2=CC[C@]2(C)[C@@H](OC(C)(C)C)CC[C@@H]12. The maximum Gasteiger partial charge on any atom is 0.119 e. The summed E-state index contributed by atoms with van der Waals surface area (Å²) in [5.41, 5.74) is 3.92. The van der Waals surface area contributed by atoms with Gasteiger partial charge in [0, 0.05) is 5.41 Å². The molecule has 0 saturated heterocycles. The minimum Gasteiger partial charge on any atom is -0.497 e. The Kier molecular flexibility index (Phi) is 4.39. The van der Waals surface area contributed by atoms with Crippen molar-refractivity contribution in [1.82, 2.24) is 0 Å². The van der Waals surface area contributed by atoms with E-state index in [4.69, 9.17) is 9.47 Å². The van der Waals surface area contributed by atoms with Gasteiger partial charge in [-0.1, -0.05) is 19.1 Å². The van der Waals surface area contributed by atoms with E-state index >= 15 is 0 Å². The molecule has 0 heterocycles. The van der Waals surface area contributed by atoms with Gasteiger partial charge in [-0.05, 0) is 87.1 Å². The lowest BCUT2D eigenvalue weighted by Crippen LogP contribution is -2.43. The molecule has 4 rings (SSSR count). The molecule has 1 saturated carbocycles. The lowest BCUT2D eigenvalue weighted by Gasteiger charge is -2.48. The minimum absolute atomic E-state index is 0.0535. The van der Waals surface area contributed by atoms with Gasteiger partial charge < -0.3 is 9.47 Å². The standard InChI is InChI=1S/C24H31NO2/c1-23(2,3)27-22-9-8-21-20-12-15(14-25)19-13-16(26-5)6-7-17(19)18(20)10-11-24(21,22)4/h6-7,10,13,15,20-22H,8-9,11-12H2,1-5H3/t15?,20-,21+,22+,24+/m1/s1. The molecule has 1 aromatic rings. The number of hydrogen-bond acceptors (Lipinski definition) is 3. The van der Waals surface area contributed by atoms with Crippen LogP contribution in [-0.4, -0.2) is 18.8 Å². The van der Waals surface area contributed by atoms with Crippen molar-refractivity contribution in [3.8, 4) is 11.8 Å². The van der Waals surface area contributed by atoms with E-state index in [1.54, 1.807) is 7.11 Å². The first-order valence-electron chi connectivity index (χ1n) is 10.2. The maximum absolute atomic E-state index is 9.87. The second-order valence-electron chi connectivity index (χ2n) is 9.75. The zero-order valence-corrected chi connectivity index (χ0v) is 17.2. The van der Waals surface area contributed by atoms with E-state index in [1.807, 2.05) is 6.07 Å². The van der Waals surface area contributed by atoms with Crippen LogP contribution in [0, 0.1) is 28.6 Å². The number of hydrogen-bond donors (Lipinski definition) is 0. The number of nitriles is 1. The second kappa shape index (κ2) is 6.38. The van der Waals surface area contributed by atoms with Crippen molar-refractivity contribution >= 4 is 5.57 Å². The first-order chi connectivity index (χ1) is 12.8. The van der Waals surface area contributed by atoms with Crippen LogP contribution in [0.1, 0.15) is 70.4 Å². The van der Waals surface area contributed by atoms with Gasteiger partial charge in [0.05, 0.1) is 30.8 Å². The smallest absolute Gasteiger partial charge is 0.119 e. The van der Waals surface area contributed by atoms with Crippen LogP contribution in [0.3, 0.4) is 0 Å². The topological polar surface area (TPSA) is 42.2 Å². The normalized spacial score (nSPS) is 34.7. The van der Waals surface area contributed by atoms with E-state index in [-0.39, 0.29) is 16.9 Å². The fourth-order valence-corrected chi connectivity index (χ4v) is 5.81. The molecule has 3 nitrogen and oxygen atoms in total. The van der Waals surface area contributed by atoms with Crippen LogP contribution in [0.15, 0.2) is 24.3 Å². The zero-order chi connectivity index (χ0) is 19.4. The van der Waals surface area contributed by atoms with Crippen molar-refractivity contribution in [2.75, 3.05) is 7.11 Å². The Hall–Kier alpha value is -1.79. The number of allylic oxidation sites excluding steroid dienone is 2. The number of fused-ring (bicyclic) bond motifs is 5. The monoisotopic (exact) mass is 365 g/mol. The van der Waals surface area contributed by atoms with Gasteiger partial charge in [-0.3, -0.25) is 0 Å². The molecule has 1 fully saturated rings. The van der Waals surface area contributed by atoms with Gasteiger partial charge in [-0.15, -0.1) is 0 Å². The molecule has 0 aromatic heterocycles. The van der Waals surface area contributed by atoms with Crippen molar-refractivity contribution in [2.45, 2.75) is 71.0 Å². The van der Waals surface area contributed by atoms with E-state index in [9.17, 15) is 5.26 Å². The Morgan fingerprint density at radius 3 is 2.67 bits per heavy atom. The first-order valence-corrected chi connectivity index (χ1v) is 10.2. The van der Waals surface area contributed by atoms with E-state index in [2.05, 4.69) is 52.0 Å². The van der Waals surface area contributed by atoms with Crippen LogP contribution in [-0.2, 0) is 4.74 Å². The summed E-state index contributed by atoms with van der Waals surface area (Å²) in [6.07, 6.45) is 7.06. The molecule has 1 aromatic carbocycles. The van der Waals surface area contributed by atoms with Crippen molar-refractivity contribution in [1.29, 1.82) is 5.26 Å². The summed E-state index contributed by atoms with van der Waals surface area (Å²) in [5.74, 6) is 1.84. The highest BCUT2D eigenvalue weighted by molar-refractivity contribution is 5.75. The number of benzene rings is 1. The van der Waals surface area contributed by atoms with Crippen LogP contribution in [0.2, 0.25) is 0 Å². The third-order valence-electron chi connectivity index (χ3n) is 7.06. The van der Waals surface area contributed by atoms with Crippen molar-refractivity contribution in [2.24, 2.45) is 17.3 Å². The molecule has 3 aliphatic carbocycles. The molecular weight excluding hydrogens is 334 g/mol. The molecule has 0 spiro atoms. The molecule has 0 N–H and O–H groups in total. The van der Waals surface area contributed by atoms with Gasteiger partial charge in [0.15, 0.2) is 0 Å². The lowest BCUT2D eigenvalue weighted by atomic mass is 9.58. The second-order valence-corrected chi connectivity index (χ2v) is 9.75. The van der Waals surface area contributed by atoms with Crippen LogP contribution in [0.25, 0.3) is 5.57 Å². The fourth-order valence-electron chi connectivity index (χ4n) is 5.81. The molecule has 0 bridgehead atoms. The number of rotatable bonds is 2. The third-order valence-corrected chi connectivity index (χ3v) is 7.06. The lowest BCUT2D eigenvalue weighted by molar-refractivity contribution is -0.112. The molecular formula is C24H31NO2. The van der Waals surface area contributed by atoms with E-state index < -0.39 is 0 Å². The van der Waals surface area contributed by atoms with Crippen LogP contribution in [0.5, 0.6) is 5.75 Å². The molecule has 0 radical (unpaired) electrons. The fraction of sp³-hybridized carbons (Fsp3) is 0.625. The van der Waals surface area contributed by atoms with Crippen LogP contribution >= 0.6 is 0 Å². The molecule has 144 valence electrons. The minimum atomic E-state index is -0.114. The molecule has 1 unspecified atom stereocenters. The summed E-state index contributed by atoms with van der Waals surface area (Å²) in [4.78, 5) is 0. The quantitative estimate of drug-likeness (QED) is 0.674. The Morgan fingerprint density at radius 2 is 2.00 bits per heavy atom. The predicted molar refractivity (Wildman–Crippen MR) is 108 cm³/mol. The summed E-state index contributed by atoms with van der Waals surface area (Å²) in [5, 5.41) is 9.87. The zero-order valence-electron chi connectivity index (χ0n) is 17.2.